The summed E-state index contributed by atoms with van der Waals surface area (Å²) in [5, 5.41) is 1.46. The van der Waals surface area contributed by atoms with Gasteiger partial charge in [0.2, 0.25) is 0 Å². The van der Waals surface area contributed by atoms with Crippen LogP contribution in [-0.4, -0.2) is 9.38 Å². The quantitative estimate of drug-likeness (QED) is 0.588. The normalized spacial score (nSPS) is 15.2. The van der Waals surface area contributed by atoms with Gasteiger partial charge in [-0.1, -0.05) is 46.9 Å². The van der Waals surface area contributed by atoms with Gasteiger partial charge in [0, 0.05) is 16.8 Å². The van der Waals surface area contributed by atoms with E-state index in [-0.39, 0.29) is 5.56 Å². The highest BCUT2D eigenvalue weighted by atomic mass is 35.5. The maximum absolute atomic E-state index is 12.7. The van der Waals surface area contributed by atoms with E-state index in [2.05, 4.69) is 4.98 Å². The largest absolute Gasteiger partial charge is 0.269 e. The molecule has 0 bridgehead atoms. The summed E-state index contributed by atoms with van der Waals surface area (Å²) in [6.07, 6.45) is 5.02. The van der Waals surface area contributed by atoms with Crippen molar-refractivity contribution >= 4 is 52.1 Å². The minimum atomic E-state index is -0.112. The number of rotatable bonds is 1. The Kier molecular flexibility index (Phi) is 3.87. The van der Waals surface area contributed by atoms with Gasteiger partial charge in [0.15, 0.2) is 5.65 Å². The number of pyridine rings is 1. The van der Waals surface area contributed by atoms with Gasteiger partial charge in [-0.2, -0.15) is 0 Å². The third kappa shape index (κ3) is 2.63. The molecule has 1 aromatic carbocycles. The van der Waals surface area contributed by atoms with Gasteiger partial charge in [-0.25, -0.2) is 4.98 Å². The Morgan fingerprint density at radius 2 is 1.79 bits per heavy atom. The van der Waals surface area contributed by atoms with Crippen LogP contribution >= 0.6 is 34.8 Å². The van der Waals surface area contributed by atoms with Crippen LogP contribution in [0, 0.1) is 0 Å². The van der Waals surface area contributed by atoms with Crippen molar-refractivity contribution in [1.29, 1.82) is 0 Å². The van der Waals surface area contributed by atoms with E-state index in [9.17, 15) is 4.79 Å². The molecule has 0 amide bonds. The second-order valence-electron chi connectivity index (χ2n) is 5.67. The van der Waals surface area contributed by atoms with Gasteiger partial charge < -0.3 is 0 Å². The van der Waals surface area contributed by atoms with E-state index in [0.717, 1.165) is 23.3 Å². The van der Waals surface area contributed by atoms with Crippen molar-refractivity contribution in [2.24, 2.45) is 0 Å². The lowest BCUT2D eigenvalue weighted by Crippen LogP contribution is -2.20. The summed E-state index contributed by atoms with van der Waals surface area (Å²) in [6, 6.07) is 9.15. The Bertz CT molecular complexity index is 1050. The lowest BCUT2D eigenvalue weighted by Gasteiger charge is -2.07. The van der Waals surface area contributed by atoms with E-state index in [4.69, 9.17) is 34.8 Å². The molecule has 3 nitrogen and oxygen atoms in total. The van der Waals surface area contributed by atoms with Crippen molar-refractivity contribution in [3.8, 4) is 0 Å². The molecule has 0 unspecified atom stereocenters. The second-order valence-corrected chi connectivity index (χ2v) is 6.95. The molecule has 2 heterocycles. The summed E-state index contributed by atoms with van der Waals surface area (Å²) in [5.74, 6) is 0. The Labute approximate surface area is 153 Å². The zero-order valence-corrected chi connectivity index (χ0v) is 14.7. The van der Waals surface area contributed by atoms with Crippen LogP contribution in [0.25, 0.3) is 17.3 Å². The Morgan fingerprint density at radius 1 is 1.04 bits per heavy atom. The first-order chi connectivity index (χ1) is 11.5. The van der Waals surface area contributed by atoms with Crippen LogP contribution < -0.4 is 5.56 Å². The lowest BCUT2D eigenvalue weighted by molar-refractivity contribution is 0.971. The second kappa shape index (κ2) is 5.92. The van der Waals surface area contributed by atoms with Crippen LogP contribution in [0.15, 0.2) is 41.3 Å². The molecule has 120 valence electrons. The van der Waals surface area contributed by atoms with E-state index in [0.29, 0.717) is 32.7 Å². The zero-order chi connectivity index (χ0) is 16.8. The minimum Gasteiger partial charge on any atom is -0.269 e. The fourth-order valence-corrected chi connectivity index (χ4v) is 3.61. The molecule has 2 aromatic heterocycles. The van der Waals surface area contributed by atoms with Crippen molar-refractivity contribution in [1.82, 2.24) is 9.38 Å². The van der Waals surface area contributed by atoms with Crippen LogP contribution in [0.5, 0.6) is 0 Å². The van der Waals surface area contributed by atoms with Crippen molar-refractivity contribution in [3.05, 3.63) is 78.8 Å². The van der Waals surface area contributed by atoms with E-state index >= 15 is 0 Å². The molecule has 0 aliphatic heterocycles. The molecule has 0 atom stereocenters. The number of aromatic nitrogens is 2. The SMILES string of the molecule is O=c1c2c(nc3c(Cl)cc(Cl)cn13)C(=Cc1ccc(Cl)cc1)CC2. The molecule has 24 heavy (non-hydrogen) atoms. The third-order valence-corrected chi connectivity index (χ3v) is 4.84. The van der Waals surface area contributed by atoms with Crippen molar-refractivity contribution < 1.29 is 0 Å². The molecule has 6 heteroatoms. The number of nitrogens with zero attached hydrogens (tertiary/aromatic N) is 2. The highest BCUT2D eigenvalue weighted by Gasteiger charge is 2.23. The first kappa shape index (κ1) is 15.7. The van der Waals surface area contributed by atoms with Crippen molar-refractivity contribution in [2.45, 2.75) is 12.8 Å². The summed E-state index contributed by atoms with van der Waals surface area (Å²) in [5.41, 5.74) is 3.78. The molecule has 3 aromatic rings. The van der Waals surface area contributed by atoms with Crippen LogP contribution in [0.4, 0.5) is 0 Å². The standard InChI is InChI=1S/C18H11Cl3N2O/c19-12-4-1-10(2-5-12)7-11-3-6-14-16(11)22-17-15(21)8-13(20)9-23(17)18(14)24/h1-2,4-5,7-9H,3,6H2. The Balaban J connectivity index is 1.92. The molecule has 0 spiro atoms. The van der Waals surface area contributed by atoms with E-state index < -0.39 is 0 Å². The third-order valence-electron chi connectivity index (χ3n) is 4.10. The minimum absolute atomic E-state index is 0.112. The topological polar surface area (TPSA) is 34.4 Å². The van der Waals surface area contributed by atoms with Gasteiger partial charge in [0.1, 0.15) is 0 Å². The smallest absolute Gasteiger partial charge is 0.261 e. The average Bonchev–Trinajstić information content (AvgIpc) is 2.94. The summed E-state index contributed by atoms with van der Waals surface area (Å²) in [6.45, 7) is 0. The van der Waals surface area contributed by atoms with Gasteiger partial charge in [-0.3, -0.25) is 9.20 Å². The first-order valence-corrected chi connectivity index (χ1v) is 8.53. The number of benzene rings is 1. The fourth-order valence-electron chi connectivity index (χ4n) is 2.97. The van der Waals surface area contributed by atoms with Crippen LogP contribution in [-0.2, 0) is 6.42 Å². The number of halogens is 3. The van der Waals surface area contributed by atoms with E-state index in [1.807, 2.05) is 30.3 Å². The molecule has 0 N–H and O–H groups in total. The zero-order valence-electron chi connectivity index (χ0n) is 12.4. The van der Waals surface area contributed by atoms with Gasteiger partial charge in [0.05, 0.1) is 15.7 Å². The lowest BCUT2D eigenvalue weighted by atomic mass is 10.1. The van der Waals surface area contributed by atoms with Crippen molar-refractivity contribution in [2.75, 3.05) is 0 Å². The molecular weight excluding hydrogens is 367 g/mol. The fraction of sp³-hybridized carbons (Fsp3) is 0.111. The Morgan fingerprint density at radius 3 is 2.54 bits per heavy atom. The molecule has 0 fully saturated rings. The monoisotopic (exact) mass is 376 g/mol. The van der Waals surface area contributed by atoms with Gasteiger partial charge in [-0.05, 0) is 48.3 Å². The summed E-state index contributed by atoms with van der Waals surface area (Å²) in [4.78, 5) is 17.4. The van der Waals surface area contributed by atoms with Crippen LogP contribution in [0.1, 0.15) is 23.2 Å². The highest BCUT2D eigenvalue weighted by Crippen LogP contribution is 2.32. The molecule has 0 saturated heterocycles. The summed E-state index contributed by atoms with van der Waals surface area (Å²) >= 11 is 18.1. The highest BCUT2D eigenvalue weighted by molar-refractivity contribution is 6.36. The Hall–Kier alpha value is -1.81. The predicted molar refractivity (Wildman–Crippen MR) is 99.1 cm³/mol. The first-order valence-electron chi connectivity index (χ1n) is 7.40. The molecule has 0 radical (unpaired) electrons. The molecule has 4 rings (SSSR count). The summed E-state index contributed by atoms with van der Waals surface area (Å²) in [7, 11) is 0. The van der Waals surface area contributed by atoms with Crippen molar-refractivity contribution in [3.63, 3.8) is 0 Å². The summed E-state index contributed by atoms with van der Waals surface area (Å²) < 4.78 is 1.43. The van der Waals surface area contributed by atoms with E-state index in [1.165, 1.54) is 4.40 Å². The van der Waals surface area contributed by atoms with Gasteiger partial charge in [-0.15, -0.1) is 0 Å². The van der Waals surface area contributed by atoms with Crippen LogP contribution in [0.3, 0.4) is 0 Å². The molecule has 1 aliphatic carbocycles. The average molecular weight is 378 g/mol. The maximum atomic E-state index is 12.7. The molecule has 0 saturated carbocycles. The number of allylic oxidation sites excluding steroid dienone is 1. The molecule has 1 aliphatic rings. The number of fused-ring (bicyclic) bond motifs is 2. The predicted octanol–water partition coefficient (Wildman–Crippen LogP) is 5.14. The van der Waals surface area contributed by atoms with Crippen LogP contribution in [0.2, 0.25) is 15.1 Å². The van der Waals surface area contributed by atoms with Gasteiger partial charge >= 0.3 is 0 Å². The van der Waals surface area contributed by atoms with E-state index in [1.54, 1.807) is 12.3 Å². The maximum Gasteiger partial charge on any atom is 0.261 e. The van der Waals surface area contributed by atoms with Gasteiger partial charge in [0.25, 0.3) is 5.56 Å². The molecular formula is C18H11Cl3N2O. The number of hydrogen-bond donors (Lipinski definition) is 0. The number of hydrogen-bond acceptors (Lipinski definition) is 2.